The molecule has 2 heterocycles. The van der Waals surface area contributed by atoms with E-state index in [0.29, 0.717) is 12.6 Å². The highest BCUT2D eigenvalue weighted by Crippen LogP contribution is 2.22. The van der Waals surface area contributed by atoms with Crippen molar-refractivity contribution in [3.05, 3.63) is 34.3 Å². The van der Waals surface area contributed by atoms with Gasteiger partial charge in [-0.25, -0.2) is 4.79 Å². The van der Waals surface area contributed by atoms with Crippen LogP contribution in [0, 0.1) is 0 Å². The monoisotopic (exact) mass is 294 g/mol. The summed E-state index contributed by atoms with van der Waals surface area (Å²) in [5, 5.41) is 3.67. The number of hydrogen-bond donors (Lipinski definition) is 2. The van der Waals surface area contributed by atoms with Gasteiger partial charge in [-0.2, -0.15) is 0 Å². The van der Waals surface area contributed by atoms with Gasteiger partial charge in [0, 0.05) is 44.3 Å². The molecule has 0 radical (unpaired) electrons. The molecule has 3 N–H and O–H groups in total. The van der Waals surface area contributed by atoms with Crippen molar-refractivity contribution in [1.29, 1.82) is 0 Å². The number of fused-ring (bicyclic) bond motifs is 1. The maximum atomic E-state index is 11.6. The molecule has 1 unspecified atom stereocenters. The van der Waals surface area contributed by atoms with Gasteiger partial charge >= 0.3 is 6.03 Å². The van der Waals surface area contributed by atoms with E-state index in [2.05, 4.69) is 16.3 Å². The first-order valence-electron chi connectivity index (χ1n) is 6.91. The Bertz CT molecular complexity index is 522. The molecule has 3 rings (SSSR count). The quantitative estimate of drug-likeness (QED) is 0.874. The van der Waals surface area contributed by atoms with Crippen LogP contribution >= 0.6 is 11.6 Å². The number of piperazine rings is 1. The summed E-state index contributed by atoms with van der Waals surface area (Å²) in [6, 6.07) is 6.37. The number of carbonyl (C=O) groups excluding carboxylic acids is 1. The highest BCUT2D eigenvalue weighted by atomic mass is 35.5. The van der Waals surface area contributed by atoms with Gasteiger partial charge in [-0.05, 0) is 17.2 Å². The zero-order chi connectivity index (χ0) is 14.1. The molecular weight excluding hydrogens is 276 g/mol. The molecule has 6 heteroatoms. The maximum Gasteiger partial charge on any atom is 0.317 e. The third-order valence-electron chi connectivity index (χ3n) is 4.06. The summed E-state index contributed by atoms with van der Waals surface area (Å²) in [5.41, 5.74) is 7.78. The van der Waals surface area contributed by atoms with Crippen molar-refractivity contribution in [2.75, 3.05) is 26.2 Å². The zero-order valence-electron chi connectivity index (χ0n) is 11.3. The number of rotatable bonds is 3. The van der Waals surface area contributed by atoms with E-state index in [0.717, 1.165) is 48.9 Å². The molecule has 1 aromatic rings. The van der Waals surface area contributed by atoms with Gasteiger partial charge in [-0.1, -0.05) is 23.7 Å². The highest BCUT2D eigenvalue weighted by Gasteiger charge is 2.35. The van der Waals surface area contributed by atoms with Crippen LogP contribution in [0.15, 0.2) is 18.2 Å². The minimum Gasteiger partial charge on any atom is -0.336 e. The van der Waals surface area contributed by atoms with Crippen LogP contribution in [-0.2, 0) is 13.1 Å². The van der Waals surface area contributed by atoms with Crippen molar-refractivity contribution in [3.63, 3.8) is 0 Å². The SMILES string of the molecule is NCc1ccc(CN2CCN3C(=O)NCC3C2)c(Cl)c1. The van der Waals surface area contributed by atoms with Crippen molar-refractivity contribution < 1.29 is 4.79 Å². The van der Waals surface area contributed by atoms with Crippen LogP contribution in [0.3, 0.4) is 0 Å². The average molecular weight is 295 g/mol. The first-order chi connectivity index (χ1) is 9.67. The fourth-order valence-corrected chi connectivity index (χ4v) is 3.16. The number of benzene rings is 1. The zero-order valence-corrected chi connectivity index (χ0v) is 12.1. The third-order valence-corrected chi connectivity index (χ3v) is 4.42. The van der Waals surface area contributed by atoms with E-state index in [-0.39, 0.29) is 6.03 Å². The summed E-state index contributed by atoms with van der Waals surface area (Å²) in [4.78, 5) is 15.8. The topological polar surface area (TPSA) is 61.6 Å². The molecule has 0 saturated carbocycles. The summed E-state index contributed by atoms with van der Waals surface area (Å²) in [5.74, 6) is 0. The molecule has 20 heavy (non-hydrogen) atoms. The molecule has 0 bridgehead atoms. The Balaban J connectivity index is 1.65. The fourth-order valence-electron chi connectivity index (χ4n) is 2.90. The average Bonchev–Trinajstić information content (AvgIpc) is 2.82. The summed E-state index contributed by atoms with van der Waals surface area (Å²) >= 11 is 6.30. The van der Waals surface area contributed by atoms with Gasteiger partial charge in [0.15, 0.2) is 0 Å². The molecule has 0 aromatic heterocycles. The second kappa shape index (κ2) is 5.60. The van der Waals surface area contributed by atoms with Crippen molar-refractivity contribution in [2.45, 2.75) is 19.1 Å². The molecule has 2 aliphatic heterocycles. The molecule has 5 nitrogen and oxygen atoms in total. The van der Waals surface area contributed by atoms with E-state index >= 15 is 0 Å². The largest absolute Gasteiger partial charge is 0.336 e. The Morgan fingerprint density at radius 1 is 1.40 bits per heavy atom. The van der Waals surface area contributed by atoms with E-state index < -0.39 is 0 Å². The molecule has 0 spiro atoms. The number of hydrogen-bond acceptors (Lipinski definition) is 3. The Hall–Kier alpha value is -1.30. The molecule has 2 aliphatic rings. The van der Waals surface area contributed by atoms with Crippen LogP contribution in [0.1, 0.15) is 11.1 Å². The predicted octanol–water partition coefficient (Wildman–Crippen LogP) is 1.01. The Kier molecular flexibility index (Phi) is 3.83. The van der Waals surface area contributed by atoms with Gasteiger partial charge in [-0.3, -0.25) is 4.90 Å². The third kappa shape index (κ3) is 2.61. The van der Waals surface area contributed by atoms with Crippen LogP contribution in [0.2, 0.25) is 5.02 Å². The lowest BCUT2D eigenvalue weighted by Gasteiger charge is -2.36. The second-order valence-corrected chi connectivity index (χ2v) is 5.81. The van der Waals surface area contributed by atoms with Crippen LogP contribution in [0.25, 0.3) is 0 Å². The number of amides is 2. The van der Waals surface area contributed by atoms with Gasteiger partial charge < -0.3 is 16.0 Å². The first-order valence-corrected chi connectivity index (χ1v) is 7.29. The fraction of sp³-hybridized carbons (Fsp3) is 0.500. The maximum absolute atomic E-state index is 11.6. The van der Waals surface area contributed by atoms with Gasteiger partial charge in [-0.15, -0.1) is 0 Å². The smallest absolute Gasteiger partial charge is 0.317 e. The normalized spacial score (nSPS) is 22.8. The van der Waals surface area contributed by atoms with Crippen molar-refractivity contribution >= 4 is 17.6 Å². The summed E-state index contributed by atoms with van der Waals surface area (Å²) in [7, 11) is 0. The molecule has 0 aliphatic carbocycles. The van der Waals surface area contributed by atoms with E-state index in [9.17, 15) is 4.79 Å². The van der Waals surface area contributed by atoms with Gasteiger partial charge in [0.1, 0.15) is 0 Å². The lowest BCUT2D eigenvalue weighted by atomic mass is 10.1. The molecular formula is C14H19ClN4O. The first kappa shape index (κ1) is 13.7. The van der Waals surface area contributed by atoms with Gasteiger partial charge in [0.05, 0.1) is 6.04 Å². The number of nitrogens with zero attached hydrogens (tertiary/aromatic N) is 2. The highest BCUT2D eigenvalue weighted by molar-refractivity contribution is 6.31. The molecule has 108 valence electrons. The summed E-state index contributed by atoms with van der Waals surface area (Å²) in [6.45, 7) is 4.65. The van der Waals surface area contributed by atoms with Crippen LogP contribution in [0.4, 0.5) is 4.79 Å². The lowest BCUT2D eigenvalue weighted by molar-refractivity contribution is 0.116. The molecule has 1 aromatic carbocycles. The number of nitrogens with two attached hydrogens (primary N) is 1. The number of carbonyl (C=O) groups is 1. The number of urea groups is 1. The van der Waals surface area contributed by atoms with Crippen molar-refractivity contribution in [2.24, 2.45) is 5.73 Å². The molecule has 1 atom stereocenters. The van der Waals surface area contributed by atoms with Crippen molar-refractivity contribution in [1.82, 2.24) is 15.1 Å². The summed E-state index contributed by atoms with van der Waals surface area (Å²) < 4.78 is 0. The molecule has 2 fully saturated rings. The van der Waals surface area contributed by atoms with Crippen molar-refractivity contribution in [3.8, 4) is 0 Å². The van der Waals surface area contributed by atoms with E-state index in [4.69, 9.17) is 17.3 Å². The van der Waals surface area contributed by atoms with E-state index in [1.54, 1.807) is 0 Å². The molecule has 2 saturated heterocycles. The van der Waals surface area contributed by atoms with Crippen LogP contribution in [-0.4, -0.2) is 48.1 Å². The van der Waals surface area contributed by atoms with E-state index in [1.807, 2.05) is 17.0 Å². The number of halogens is 1. The van der Waals surface area contributed by atoms with Gasteiger partial charge in [0.25, 0.3) is 0 Å². The Morgan fingerprint density at radius 3 is 3.00 bits per heavy atom. The van der Waals surface area contributed by atoms with E-state index in [1.165, 1.54) is 0 Å². The minimum atomic E-state index is 0.0694. The van der Waals surface area contributed by atoms with Crippen LogP contribution in [0.5, 0.6) is 0 Å². The lowest BCUT2D eigenvalue weighted by Crippen LogP contribution is -2.51. The second-order valence-electron chi connectivity index (χ2n) is 5.40. The minimum absolute atomic E-state index is 0.0694. The molecule has 2 amide bonds. The Morgan fingerprint density at radius 2 is 2.25 bits per heavy atom. The van der Waals surface area contributed by atoms with Crippen LogP contribution < -0.4 is 11.1 Å². The van der Waals surface area contributed by atoms with Gasteiger partial charge in [0.2, 0.25) is 0 Å². The summed E-state index contributed by atoms with van der Waals surface area (Å²) in [6.07, 6.45) is 0. The standard InChI is InChI=1S/C14H19ClN4O/c15-13-5-10(6-16)1-2-11(13)8-18-3-4-19-12(9-18)7-17-14(19)20/h1-2,5,12H,3-4,6-9,16H2,(H,17,20). The predicted molar refractivity (Wildman–Crippen MR) is 78.5 cm³/mol. The Labute approximate surface area is 123 Å². The number of nitrogens with one attached hydrogen (secondary N) is 1.